The van der Waals surface area contributed by atoms with Crippen molar-refractivity contribution in [3.63, 3.8) is 0 Å². The first-order chi connectivity index (χ1) is 13.7. The lowest BCUT2D eigenvalue weighted by atomic mass is 10.2. The van der Waals surface area contributed by atoms with Gasteiger partial charge in [-0.3, -0.25) is 9.59 Å². The Morgan fingerprint density at radius 2 is 1.89 bits per heavy atom. The Balaban J connectivity index is 1.26. The van der Waals surface area contributed by atoms with E-state index in [1.807, 2.05) is 30.3 Å². The highest BCUT2D eigenvalue weighted by molar-refractivity contribution is 5.96. The molecular formula is C19H15N3O6. The van der Waals surface area contributed by atoms with Gasteiger partial charge < -0.3 is 24.1 Å². The number of carbonyl (C=O) groups excluding carboxylic acids is 2. The van der Waals surface area contributed by atoms with Crippen LogP contribution in [0.25, 0.3) is 11.4 Å². The molecule has 1 aliphatic heterocycles. The number of hydrogen-bond acceptors (Lipinski definition) is 8. The zero-order chi connectivity index (χ0) is 19.3. The number of aromatic nitrogens is 2. The number of fused-ring (bicyclic) bond motifs is 1. The van der Waals surface area contributed by atoms with Crippen LogP contribution < -0.4 is 14.8 Å². The van der Waals surface area contributed by atoms with Gasteiger partial charge in [-0.25, -0.2) is 0 Å². The molecule has 9 heteroatoms. The summed E-state index contributed by atoms with van der Waals surface area (Å²) in [7, 11) is 0. The maximum Gasteiger partial charge on any atom is 0.325 e. The van der Waals surface area contributed by atoms with E-state index in [1.165, 1.54) is 0 Å². The summed E-state index contributed by atoms with van der Waals surface area (Å²) in [6.45, 7) is -0.361. The third-order valence-electron chi connectivity index (χ3n) is 3.88. The molecule has 4 rings (SSSR count). The highest BCUT2D eigenvalue weighted by Crippen LogP contribution is 2.32. The molecule has 1 aromatic heterocycles. The van der Waals surface area contributed by atoms with Crippen molar-refractivity contribution in [3.05, 3.63) is 60.0 Å². The maximum atomic E-state index is 12.1. The fourth-order valence-corrected chi connectivity index (χ4v) is 2.50. The fourth-order valence-electron chi connectivity index (χ4n) is 2.50. The van der Waals surface area contributed by atoms with Crippen molar-refractivity contribution in [2.45, 2.75) is 6.61 Å². The van der Waals surface area contributed by atoms with Gasteiger partial charge in [0.05, 0.1) is 0 Å². The van der Waals surface area contributed by atoms with E-state index in [1.54, 1.807) is 18.2 Å². The first-order valence-corrected chi connectivity index (χ1v) is 8.40. The van der Waals surface area contributed by atoms with Gasteiger partial charge in [0.1, 0.15) is 6.54 Å². The summed E-state index contributed by atoms with van der Waals surface area (Å²) in [4.78, 5) is 28.1. The van der Waals surface area contributed by atoms with Gasteiger partial charge in [0.25, 0.3) is 11.8 Å². The van der Waals surface area contributed by atoms with Crippen molar-refractivity contribution in [3.8, 4) is 22.9 Å². The minimum absolute atomic E-state index is 0.119. The van der Waals surface area contributed by atoms with Crippen LogP contribution in [0, 0.1) is 0 Å². The molecule has 28 heavy (non-hydrogen) atoms. The number of benzene rings is 2. The summed E-state index contributed by atoms with van der Waals surface area (Å²) in [6.07, 6.45) is 0. The molecular weight excluding hydrogens is 366 g/mol. The molecule has 9 nitrogen and oxygen atoms in total. The van der Waals surface area contributed by atoms with E-state index < -0.39 is 11.9 Å². The molecule has 1 N–H and O–H groups in total. The summed E-state index contributed by atoms with van der Waals surface area (Å²) in [5.41, 5.74) is 1.14. The molecule has 0 saturated carbocycles. The molecule has 0 spiro atoms. The predicted octanol–water partition coefficient (Wildman–Crippen LogP) is 1.94. The fraction of sp³-hybridized carbons (Fsp3) is 0.158. The third-order valence-corrected chi connectivity index (χ3v) is 3.88. The SMILES string of the molecule is O=C(CNC(=O)c1ccc2c(c1)OCO2)OCc1nc(-c2ccccc2)no1. The summed E-state index contributed by atoms with van der Waals surface area (Å²) >= 11 is 0. The van der Waals surface area contributed by atoms with Gasteiger partial charge >= 0.3 is 5.97 Å². The topological polar surface area (TPSA) is 113 Å². The molecule has 0 fully saturated rings. The Morgan fingerprint density at radius 3 is 2.75 bits per heavy atom. The molecule has 142 valence electrons. The zero-order valence-electron chi connectivity index (χ0n) is 14.6. The Labute approximate surface area is 159 Å². The van der Waals surface area contributed by atoms with Crippen molar-refractivity contribution in [1.29, 1.82) is 0 Å². The van der Waals surface area contributed by atoms with Gasteiger partial charge in [0.2, 0.25) is 12.6 Å². The molecule has 0 atom stereocenters. The number of amides is 1. The molecule has 2 heterocycles. The largest absolute Gasteiger partial charge is 0.454 e. The number of nitrogens with zero attached hydrogens (tertiary/aromatic N) is 2. The van der Waals surface area contributed by atoms with Crippen molar-refractivity contribution >= 4 is 11.9 Å². The van der Waals surface area contributed by atoms with Crippen molar-refractivity contribution in [2.24, 2.45) is 0 Å². The van der Waals surface area contributed by atoms with Crippen LogP contribution in [0.4, 0.5) is 0 Å². The minimum atomic E-state index is -0.631. The van der Waals surface area contributed by atoms with Gasteiger partial charge in [-0.2, -0.15) is 4.98 Å². The second kappa shape index (κ2) is 7.78. The van der Waals surface area contributed by atoms with Gasteiger partial charge in [0, 0.05) is 11.1 Å². The van der Waals surface area contributed by atoms with E-state index in [0.717, 1.165) is 5.56 Å². The second-order valence-corrected chi connectivity index (χ2v) is 5.79. The Morgan fingerprint density at radius 1 is 1.07 bits per heavy atom. The van der Waals surface area contributed by atoms with E-state index >= 15 is 0 Å². The smallest absolute Gasteiger partial charge is 0.325 e. The highest BCUT2D eigenvalue weighted by Gasteiger charge is 2.17. The maximum absolute atomic E-state index is 12.1. The van der Waals surface area contributed by atoms with E-state index in [9.17, 15) is 9.59 Å². The molecule has 2 aromatic carbocycles. The summed E-state index contributed by atoms with van der Waals surface area (Å²) in [6, 6.07) is 14.0. The lowest BCUT2D eigenvalue weighted by Crippen LogP contribution is -2.30. The van der Waals surface area contributed by atoms with E-state index in [2.05, 4.69) is 15.5 Å². The van der Waals surface area contributed by atoms with Crippen LogP contribution in [0.3, 0.4) is 0 Å². The van der Waals surface area contributed by atoms with Crippen molar-refractivity contribution in [2.75, 3.05) is 13.3 Å². The molecule has 0 radical (unpaired) electrons. The lowest BCUT2D eigenvalue weighted by Gasteiger charge is -2.05. The lowest BCUT2D eigenvalue weighted by molar-refractivity contribution is -0.144. The first-order valence-electron chi connectivity index (χ1n) is 8.40. The average molecular weight is 381 g/mol. The van der Waals surface area contributed by atoms with Crippen LogP contribution >= 0.6 is 0 Å². The molecule has 0 bridgehead atoms. The van der Waals surface area contributed by atoms with Gasteiger partial charge in [-0.15, -0.1) is 0 Å². The quantitative estimate of drug-likeness (QED) is 0.645. The van der Waals surface area contributed by atoms with E-state index in [0.29, 0.717) is 22.9 Å². The number of rotatable bonds is 6. The molecule has 0 unspecified atom stereocenters. The van der Waals surface area contributed by atoms with Crippen molar-refractivity contribution in [1.82, 2.24) is 15.5 Å². The minimum Gasteiger partial charge on any atom is -0.454 e. The zero-order valence-corrected chi connectivity index (χ0v) is 14.6. The number of nitrogens with one attached hydrogen (secondary N) is 1. The van der Waals surface area contributed by atoms with Gasteiger partial charge in [0.15, 0.2) is 18.1 Å². The third kappa shape index (κ3) is 3.93. The van der Waals surface area contributed by atoms with Gasteiger partial charge in [-0.05, 0) is 18.2 Å². The second-order valence-electron chi connectivity index (χ2n) is 5.79. The van der Waals surface area contributed by atoms with Gasteiger partial charge in [-0.1, -0.05) is 35.5 Å². The van der Waals surface area contributed by atoms with Crippen LogP contribution in [0.2, 0.25) is 0 Å². The molecule has 0 aliphatic carbocycles. The molecule has 0 saturated heterocycles. The number of ether oxygens (including phenoxy) is 3. The monoisotopic (exact) mass is 381 g/mol. The van der Waals surface area contributed by atoms with Crippen molar-refractivity contribution < 1.29 is 28.3 Å². The van der Waals surface area contributed by atoms with E-state index in [-0.39, 0.29) is 25.8 Å². The van der Waals surface area contributed by atoms with Crippen LogP contribution in [-0.2, 0) is 16.1 Å². The van der Waals surface area contributed by atoms with Crippen LogP contribution in [0.1, 0.15) is 16.2 Å². The standard InChI is InChI=1S/C19H15N3O6/c23-17(9-20-19(24)13-6-7-14-15(8-13)27-11-26-14)25-10-16-21-18(22-28-16)12-4-2-1-3-5-12/h1-8H,9-11H2,(H,20,24). The van der Waals surface area contributed by atoms with E-state index in [4.69, 9.17) is 18.7 Å². The predicted molar refractivity (Wildman–Crippen MR) is 94.4 cm³/mol. The average Bonchev–Trinajstić information content (AvgIpc) is 3.40. The first kappa shape index (κ1) is 17.5. The molecule has 3 aromatic rings. The molecule has 1 aliphatic rings. The Kier molecular flexibility index (Phi) is 4.87. The van der Waals surface area contributed by atoms with Crippen LogP contribution in [0.15, 0.2) is 53.1 Å². The number of carbonyl (C=O) groups is 2. The Hall–Kier alpha value is -3.88. The summed E-state index contributed by atoms with van der Waals surface area (Å²) < 4.78 is 20.5. The summed E-state index contributed by atoms with van der Waals surface area (Å²) in [5, 5.41) is 6.32. The number of hydrogen-bond donors (Lipinski definition) is 1. The van der Waals surface area contributed by atoms with Crippen LogP contribution in [0.5, 0.6) is 11.5 Å². The highest BCUT2D eigenvalue weighted by atomic mass is 16.7. The molecule has 1 amide bonds. The Bertz CT molecular complexity index is 1000. The number of esters is 1. The van der Waals surface area contributed by atoms with Crippen LogP contribution in [-0.4, -0.2) is 35.4 Å². The summed E-state index contributed by atoms with van der Waals surface area (Å²) in [5.74, 6) is 0.566. The normalized spacial score (nSPS) is 11.9.